The number of nitrogens with zero attached hydrogens (tertiary/aromatic N) is 1. The minimum Gasteiger partial charge on any atom is -0.494 e. The van der Waals surface area contributed by atoms with Crippen molar-refractivity contribution in [2.24, 2.45) is 5.92 Å². The third kappa shape index (κ3) is 5.16. The fraction of sp³-hybridized carbons (Fsp3) is 0.529. The number of carbonyl (C=O) groups is 2. The highest BCUT2D eigenvalue weighted by Crippen LogP contribution is 2.20. The van der Waals surface area contributed by atoms with E-state index < -0.39 is 5.97 Å². The van der Waals surface area contributed by atoms with Crippen LogP contribution in [0.15, 0.2) is 24.3 Å². The zero-order valence-electron chi connectivity index (χ0n) is 13.5. The molecule has 1 heterocycles. The van der Waals surface area contributed by atoms with Gasteiger partial charge in [0.05, 0.1) is 12.5 Å². The lowest BCUT2D eigenvalue weighted by molar-refractivity contribution is -0.143. The number of aliphatic carboxylic acids is 1. The number of anilines is 1. The molecular formula is C17H24N2O4. The summed E-state index contributed by atoms with van der Waals surface area (Å²) in [5.41, 5.74) is 0.685. The average molecular weight is 320 g/mol. The van der Waals surface area contributed by atoms with Crippen LogP contribution >= 0.6 is 0 Å². The van der Waals surface area contributed by atoms with Gasteiger partial charge in [0.1, 0.15) is 5.75 Å². The molecule has 0 spiro atoms. The number of rotatable bonds is 6. The number of carboxylic acids is 1. The number of carboxylic acid groups (broad SMARTS) is 1. The van der Waals surface area contributed by atoms with Crippen molar-refractivity contribution in [3.05, 3.63) is 24.3 Å². The summed E-state index contributed by atoms with van der Waals surface area (Å²) >= 11 is 0. The minimum absolute atomic E-state index is 0.195. The number of likely N-dealkylation sites (tertiary alicyclic amines) is 1. The first-order valence-electron chi connectivity index (χ1n) is 8.11. The Kier molecular flexibility index (Phi) is 6.26. The van der Waals surface area contributed by atoms with Crippen molar-refractivity contribution in [2.45, 2.75) is 32.6 Å². The Hall–Kier alpha value is -2.24. The number of nitrogens with one attached hydrogen (secondary N) is 1. The zero-order valence-corrected chi connectivity index (χ0v) is 13.5. The lowest BCUT2D eigenvalue weighted by atomic mass is 9.97. The van der Waals surface area contributed by atoms with Crippen molar-refractivity contribution in [3.63, 3.8) is 0 Å². The molecule has 0 unspecified atom stereocenters. The van der Waals surface area contributed by atoms with Crippen LogP contribution in [-0.2, 0) is 4.79 Å². The first-order chi connectivity index (χ1) is 11.1. The molecule has 0 bridgehead atoms. The van der Waals surface area contributed by atoms with Gasteiger partial charge < -0.3 is 20.1 Å². The summed E-state index contributed by atoms with van der Waals surface area (Å²) in [4.78, 5) is 24.8. The number of hydrogen-bond acceptors (Lipinski definition) is 3. The summed E-state index contributed by atoms with van der Waals surface area (Å²) in [6, 6.07) is 7.13. The molecule has 0 aromatic heterocycles. The van der Waals surface area contributed by atoms with Gasteiger partial charge in [-0.1, -0.05) is 19.4 Å². The Morgan fingerprint density at radius 1 is 1.35 bits per heavy atom. The molecule has 1 aliphatic heterocycles. The fourth-order valence-corrected chi connectivity index (χ4v) is 2.53. The van der Waals surface area contributed by atoms with E-state index >= 15 is 0 Å². The van der Waals surface area contributed by atoms with E-state index in [1.165, 1.54) is 0 Å². The smallest absolute Gasteiger partial charge is 0.321 e. The van der Waals surface area contributed by atoms with Crippen LogP contribution in [0, 0.1) is 5.92 Å². The number of carbonyl (C=O) groups excluding carboxylic acids is 1. The van der Waals surface area contributed by atoms with Gasteiger partial charge in [-0.25, -0.2) is 4.79 Å². The van der Waals surface area contributed by atoms with E-state index in [0.29, 0.717) is 38.2 Å². The van der Waals surface area contributed by atoms with Crippen molar-refractivity contribution in [1.82, 2.24) is 4.90 Å². The third-order valence-electron chi connectivity index (χ3n) is 3.98. The Balaban J connectivity index is 1.85. The van der Waals surface area contributed by atoms with Crippen molar-refractivity contribution < 1.29 is 19.4 Å². The Morgan fingerprint density at radius 3 is 2.74 bits per heavy atom. The number of benzene rings is 1. The highest BCUT2D eigenvalue weighted by Gasteiger charge is 2.26. The van der Waals surface area contributed by atoms with Gasteiger partial charge in [-0.15, -0.1) is 0 Å². The summed E-state index contributed by atoms with van der Waals surface area (Å²) < 4.78 is 5.62. The van der Waals surface area contributed by atoms with Crippen LogP contribution in [0.25, 0.3) is 0 Å². The van der Waals surface area contributed by atoms with E-state index in [2.05, 4.69) is 12.2 Å². The van der Waals surface area contributed by atoms with Crippen LogP contribution in [0.1, 0.15) is 32.6 Å². The number of urea groups is 1. The molecule has 1 saturated heterocycles. The second-order valence-corrected chi connectivity index (χ2v) is 5.76. The third-order valence-corrected chi connectivity index (χ3v) is 3.98. The lowest BCUT2D eigenvalue weighted by Crippen LogP contribution is -2.42. The van der Waals surface area contributed by atoms with Crippen LogP contribution in [0.2, 0.25) is 0 Å². The van der Waals surface area contributed by atoms with Crippen molar-refractivity contribution in [3.8, 4) is 5.75 Å². The van der Waals surface area contributed by atoms with Gasteiger partial charge in [0.2, 0.25) is 0 Å². The maximum atomic E-state index is 12.2. The highest BCUT2D eigenvalue weighted by molar-refractivity contribution is 5.89. The second kappa shape index (κ2) is 8.41. The number of amides is 2. The Bertz CT molecular complexity index is 539. The normalized spacial score (nSPS) is 15.3. The molecule has 0 aliphatic carbocycles. The molecule has 2 amide bonds. The average Bonchev–Trinajstić information content (AvgIpc) is 2.55. The van der Waals surface area contributed by atoms with Crippen molar-refractivity contribution >= 4 is 17.7 Å². The standard InChI is InChI=1S/C17H24N2O4/c1-2-3-11-23-15-6-4-5-14(12-15)18-17(22)19-9-7-13(8-10-19)16(20)21/h4-6,12-13H,2-3,7-11H2,1H3,(H,18,22)(H,20,21). The quantitative estimate of drug-likeness (QED) is 0.789. The molecule has 1 aromatic rings. The predicted molar refractivity (Wildman–Crippen MR) is 87.8 cm³/mol. The predicted octanol–water partition coefficient (Wildman–Crippen LogP) is 3.19. The molecule has 0 radical (unpaired) electrons. The monoisotopic (exact) mass is 320 g/mol. The van der Waals surface area contributed by atoms with Gasteiger partial charge in [-0.3, -0.25) is 4.79 Å². The largest absolute Gasteiger partial charge is 0.494 e. The van der Waals surface area contributed by atoms with E-state index in [1.54, 1.807) is 11.0 Å². The number of unbranched alkanes of at least 4 members (excludes halogenated alkanes) is 1. The molecule has 23 heavy (non-hydrogen) atoms. The molecule has 2 rings (SSSR count). The van der Waals surface area contributed by atoms with Crippen LogP contribution in [-0.4, -0.2) is 41.7 Å². The molecule has 0 saturated carbocycles. The maximum absolute atomic E-state index is 12.2. The van der Waals surface area contributed by atoms with Gasteiger partial charge >= 0.3 is 12.0 Å². The second-order valence-electron chi connectivity index (χ2n) is 5.76. The molecule has 6 heteroatoms. The SMILES string of the molecule is CCCCOc1cccc(NC(=O)N2CCC(C(=O)O)CC2)c1. The summed E-state index contributed by atoms with van der Waals surface area (Å²) in [5, 5.41) is 11.8. The van der Waals surface area contributed by atoms with Crippen molar-refractivity contribution in [2.75, 3.05) is 25.0 Å². The van der Waals surface area contributed by atoms with Gasteiger partial charge in [0.15, 0.2) is 0 Å². The molecule has 2 N–H and O–H groups in total. The molecule has 1 fully saturated rings. The maximum Gasteiger partial charge on any atom is 0.321 e. The zero-order chi connectivity index (χ0) is 16.7. The van der Waals surface area contributed by atoms with E-state index in [9.17, 15) is 9.59 Å². The lowest BCUT2D eigenvalue weighted by Gasteiger charge is -2.30. The van der Waals surface area contributed by atoms with Crippen LogP contribution in [0.5, 0.6) is 5.75 Å². The molecule has 6 nitrogen and oxygen atoms in total. The number of ether oxygens (including phenoxy) is 1. The minimum atomic E-state index is -0.776. The Labute approximate surface area is 136 Å². The summed E-state index contributed by atoms with van der Waals surface area (Å²) in [6.45, 7) is 3.70. The number of piperidine rings is 1. The van der Waals surface area contributed by atoms with E-state index in [1.807, 2.05) is 18.2 Å². The van der Waals surface area contributed by atoms with Crippen molar-refractivity contribution in [1.29, 1.82) is 0 Å². The molecular weight excluding hydrogens is 296 g/mol. The fourth-order valence-electron chi connectivity index (χ4n) is 2.53. The van der Waals surface area contributed by atoms with E-state index in [0.717, 1.165) is 18.6 Å². The van der Waals surface area contributed by atoms with E-state index in [-0.39, 0.29) is 11.9 Å². The molecule has 1 aliphatic rings. The summed E-state index contributed by atoms with van der Waals surface area (Å²) in [7, 11) is 0. The van der Waals surface area contributed by atoms with Gasteiger partial charge in [-0.05, 0) is 31.4 Å². The first-order valence-corrected chi connectivity index (χ1v) is 8.11. The summed E-state index contributed by atoms with van der Waals surface area (Å²) in [6.07, 6.45) is 3.07. The molecule has 0 atom stereocenters. The van der Waals surface area contributed by atoms with Crippen LogP contribution < -0.4 is 10.1 Å². The first kappa shape index (κ1) is 17.1. The van der Waals surface area contributed by atoms with Crippen LogP contribution in [0.4, 0.5) is 10.5 Å². The van der Waals surface area contributed by atoms with Crippen LogP contribution in [0.3, 0.4) is 0 Å². The van der Waals surface area contributed by atoms with Gasteiger partial charge in [-0.2, -0.15) is 0 Å². The van der Waals surface area contributed by atoms with Gasteiger partial charge in [0, 0.05) is 24.8 Å². The Morgan fingerprint density at radius 2 is 2.09 bits per heavy atom. The van der Waals surface area contributed by atoms with E-state index in [4.69, 9.17) is 9.84 Å². The summed E-state index contributed by atoms with van der Waals surface area (Å²) in [5.74, 6) is -0.378. The van der Waals surface area contributed by atoms with Gasteiger partial charge in [0.25, 0.3) is 0 Å². The molecule has 1 aromatic carbocycles. The topological polar surface area (TPSA) is 78.9 Å². The highest BCUT2D eigenvalue weighted by atomic mass is 16.5. The molecule has 126 valence electrons. The number of hydrogen-bond donors (Lipinski definition) is 2.